The predicted molar refractivity (Wildman–Crippen MR) is 163 cm³/mol. The quantitative estimate of drug-likeness (QED) is 0.211. The number of benzene rings is 3. The van der Waals surface area contributed by atoms with E-state index in [-0.39, 0.29) is 25.0 Å². The minimum atomic E-state index is -1.14. The summed E-state index contributed by atoms with van der Waals surface area (Å²) in [6.07, 6.45) is 3.80. The zero-order valence-corrected chi connectivity index (χ0v) is 24.7. The van der Waals surface area contributed by atoms with Crippen molar-refractivity contribution in [1.82, 2.24) is 5.32 Å². The lowest BCUT2D eigenvalue weighted by atomic mass is 9.73. The van der Waals surface area contributed by atoms with Gasteiger partial charge in [0.2, 0.25) is 5.91 Å². The first-order valence-corrected chi connectivity index (χ1v) is 14.6. The Labute approximate surface area is 247 Å². The molecule has 2 unspecified atom stereocenters. The van der Waals surface area contributed by atoms with Crippen molar-refractivity contribution in [2.24, 2.45) is 5.92 Å². The number of nitrogens with one attached hydrogen (secondary N) is 2. The highest BCUT2D eigenvalue weighted by atomic mass is 19.1. The molecule has 1 aliphatic rings. The molecule has 1 fully saturated rings. The predicted octanol–water partition coefficient (Wildman–Crippen LogP) is 6.40. The number of aliphatic hydroxyl groups is 2. The van der Waals surface area contributed by atoms with Gasteiger partial charge in [-0.1, -0.05) is 74.9 Å². The van der Waals surface area contributed by atoms with Gasteiger partial charge in [0.05, 0.1) is 18.6 Å². The second-order valence-corrected chi connectivity index (χ2v) is 12.3. The number of anilines is 1. The Morgan fingerprint density at radius 1 is 0.976 bits per heavy atom. The van der Waals surface area contributed by atoms with Gasteiger partial charge in [-0.15, -0.1) is 0 Å². The molecule has 1 aliphatic carbocycles. The van der Waals surface area contributed by atoms with Crippen LogP contribution in [0.4, 0.5) is 14.5 Å². The lowest BCUT2D eigenvalue weighted by Gasteiger charge is -2.41. The van der Waals surface area contributed by atoms with Crippen LogP contribution in [0.1, 0.15) is 63.1 Å². The van der Waals surface area contributed by atoms with Crippen molar-refractivity contribution in [3.63, 3.8) is 0 Å². The van der Waals surface area contributed by atoms with Crippen LogP contribution in [0, 0.1) is 17.6 Å². The Balaban J connectivity index is 1.61. The highest BCUT2D eigenvalue weighted by Gasteiger charge is 2.37. The average Bonchev–Trinajstić information content (AvgIpc) is 2.95. The lowest BCUT2D eigenvalue weighted by molar-refractivity contribution is -0.123. The maximum atomic E-state index is 14.0. The van der Waals surface area contributed by atoms with Crippen molar-refractivity contribution in [3.05, 3.63) is 113 Å². The summed E-state index contributed by atoms with van der Waals surface area (Å²) in [6, 6.07) is 20.6. The van der Waals surface area contributed by atoms with Crippen LogP contribution in [-0.2, 0) is 22.2 Å². The Hall–Kier alpha value is -3.39. The molecule has 2 atom stereocenters. The molecule has 7 heteroatoms. The smallest absolute Gasteiger partial charge is 0.230 e. The number of halogens is 2. The SMILES string of the molecule is CC(C)(C)c1cccc(C2(NCC(O)C(Cc3cc(F)cc(F)c3)C(=O)Nc3ccccc3)CCC(=CCO)CC2)c1. The zero-order valence-electron chi connectivity index (χ0n) is 24.7. The molecule has 1 saturated carbocycles. The fourth-order valence-corrected chi connectivity index (χ4v) is 5.77. The van der Waals surface area contributed by atoms with E-state index in [4.69, 9.17) is 0 Å². The van der Waals surface area contributed by atoms with E-state index < -0.39 is 35.1 Å². The van der Waals surface area contributed by atoms with E-state index in [1.54, 1.807) is 24.3 Å². The van der Waals surface area contributed by atoms with Gasteiger partial charge in [0.15, 0.2) is 0 Å². The molecule has 0 heterocycles. The number of para-hydroxylation sites is 1. The first-order chi connectivity index (χ1) is 20.0. The molecule has 0 spiro atoms. The molecule has 0 saturated heterocycles. The molecule has 3 aromatic carbocycles. The molecule has 0 aliphatic heterocycles. The molecule has 4 N–H and O–H groups in total. The van der Waals surface area contributed by atoms with Gasteiger partial charge in [-0.3, -0.25) is 4.79 Å². The molecule has 0 bridgehead atoms. The largest absolute Gasteiger partial charge is 0.392 e. The molecular weight excluding hydrogens is 534 g/mol. The Morgan fingerprint density at radius 3 is 2.26 bits per heavy atom. The Bertz CT molecular complexity index is 1350. The van der Waals surface area contributed by atoms with Crippen molar-refractivity contribution < 1.29 is 23.8 Å². The fraction of sp³-hybridized carbons (Fsp3) is 0.400. The van der Waals surface area contributed by atoms with Gasteiger partial charge in [-0.2, -0.15) is 0 Å². The number of hydrogen-bond acceptors (Lipinski definition) is 4. The van der Waals surface area contributed by atoms with E-state index in [2.05, 4.69) is 55.7 Å². The second kappa shape index (κ2) is 13.7. The van der Waals surface area contributed by atoms with Gasteiger partial charge in [-0.25, -0.2) is 8.78 Å². The van der Waals surface area contributed by atoms with Crippen LogP contribution >= 0.6 is 0 Å². The monoisotopic (exact) mass is 576 g/mol. The normalized spacial score (nSPS) is 18.8. The summed E-state index contributed by atoms with van der Waals surface area (Å²) in [5, 5.41) is 27.4. The van der Waals surface area contributed by atoms with Crippen molar-refractivity contribution in [1.29, 1.82) is 0 Å². The third-order valence-corrected chi connectivity index (χ3v) is 8.28. The molecular formula is C35H42F2N2O3. The Morgan fingerprint density at radius 2 is 1.64 bits per heavy atom. The molecule has 4 rings (SSSR count). The van der Waals surface area contributed by atoms with Crippen LogP contribution in [-0.4, -0.2) is 35.4 Å². The van der Waals surface area contributed by atoms with Crippen molar-refractivity contribution >= 4 is 11.6 Å². The molecule has 1 amide bonds. The second-order valence-electron chi connectivity index (χ2n) is 12.3. The van der Waals surface area contributed by atoms with Gasteiger partial charge in [0.25, 0.3) is 0 Å². The summed E-state index contributed by atoms with van der Waals surface area (Å²) in [5.74, 6) is -2.86. The molecule has 5 nitrogen and oxygen atoms in total. The van der Waals surface area contributed by atoms with E-state index in [0.717, 1.165) is 37.3 Å². The van der Waals surface area contributed by atoms with E-state index >= 15 is 0 Å². The third-order valence-electron chi connectivity index (χ3n) is 8.28. The first-order valence-electron chi connectivity index (χ1n) is 14.6. The average molecular weight is 577 g/mol. The zero-order chi connectivity index (χ0) is 30.3. The molecule has 3 aromatic rings. The van der Waals surface area contributed by atoms with Crippen LogP contribution in [0.15, 0.2) is 84.4 Å². The van der Waals surface area contributed by atoms with Gasteiger partial charge >= 0.3 is 0 Å². The van der Waals surface area contributed by atoms with Crippen molar-refractivity contribution in [3.8, 4) is 0 Å². The fourth-order valence-electron chi connectivity index (χ4n) is 5.77. The summed E-state index contributed by atoms with van der Waals surface area (Å²) < 4.78 is 28.0. The highest BCUT2D eigenvalue weighted by Crippen LogP contribution is 2.40. The van der Waals surface area contributed by atoms with E-state index in [1.165, 1.54) is 23.3 Å². The van der Waals surface area contributed by atoms with Crippen LogP contribution in [0.25, 0.3) is 0 Å². The minimum absolute atomic E-state index is 0.00681. The topological polar surface area (TPSA) is 81.6 Å². The summed E-state index contributed by atoms with van der Waals surface area (Å²) in [6.45, 7) is 6.62. The van der Waals surface area contributed by atoms with Crippen LogP contribution in [0.2, 0.25) is 0 Å². The number of allylic oxidation sites excluding steroid dienone is 1. The van der Waals surface area contributed by atoms with E-state index in [0.29, 0.717) is 11.3 Å². The minimum Gasteiger partial charge on any atom is -0.392 e. The van der Waals surface area contributed by atoms with Gasteiger partial charge in [0, 0.05) is 23.8 Å². The van der Waals surface area contributed by atoms with Gasteiger partial charge in [0.1, 0.15) is 11.6 Å². The number of amides is 1. The van der Waals surface area contributed by atoms with Crippen LogP contribution < -0.4 is 10.6 Å². The Kier molecular flexibility index (Phi) is 10.3. The number of carbonyl (C=O) groups excluding carboxylic acids is 1. The summed E-state index contributed by atoms with van der Waals surface area (Å²) in [5.41, 5.74) is 3.88. The van der Waals surface area contributed by atoms with Crippen LogP contribution in [0.5, 0.6) is 0 Å². The van der Waals surface area contributed by atoms with Crippen LogP contribution in [0.3, 0.4) is 0 Å². The summed E-state index contributed by atoms with van der Waals surface area (Å²) in [4.78, 5) is 13.5. The highest BCUT2D eigenvalue weighted by molar-refractivity contribution is 5.93. The van der Waals surface area contributed by atoms with Crippen molar-refractivity contribution in [2.75, 3.05) is 18.5 Å². The third kappa shape index (κ3) is 8.12. The molecule has 224 valence electrons. The molecule has 0 aromatic heterocycles. The number of carbonyl (C=O) groups is 1. The maximum absolute atomic E-state index is 14.0. The van der Waals surface area contributed by atoms with E-state index in [9.17, 15) is 23.8 Å². The number of aliphatic hydroxyl groups excluding tert-OH is 2. The lowest BCUT2D eigenvalue weighted by Crippen LogP contribution is -2.50. The first kappa shape index (κ1) is 31.5. The molecule has 42 heavy (non-hydrogen) atoms. The maximum Gasteiger partial charge on any atom is 0.230 e. The van der Waals surface area contributed by atoms with Crippen molar-refractivity contribution in [2.45, 2.75) is 69.9 Å². The summed E-state index contributed by atoms with van der Waals surface area (Å²) >= 11 is 0. The van der Waals surface area contributed by atoms with Gasteiger partial charge in [-0.05, 0) is 78.5 Å². The summed E-state index contributed by atoms with van der Waals surface area (Å²) in [7, 11) is 0. The van der Waals surface area contributed by atoms with E-state index in [1.807, 2.05) is 12.1 Å². The number of rotatable bonds is 10. The number of hydrogen-bond donors (Lipinski definition) is 4. The van der Waals surface area contributed by atoms with Gasteiger partial charge < -0.3 is 20.8 Å². The standard InChI is InChI=1S/C35H42F2N2O3/c1-34(2,3)26-8-7-9-27(21-26)35(15-12-24(13-16-35)14-17-40)38-23-32(41)31(20-25-18-28(36)22-29(37)19-25)33(42)39-30-10-5-4-6-11-30/h4-11,14,18-19,21-22,31-32,38,40-41H,12-13,15-17,20,23H2,1-3H3,(H,39,42). The molecule has 0 radical (unpaired) electrons.